The fourth-order valence-corrected chi connectivity index (χ4v) is 3.29. The molecule has 1 fully saturated rings. The van der Waals surface area contributed by atoms with Crippen LogP contribution in [0.5, 0.6) is 0 Å². The summed E-state index contributed by atoms with van der Waals surface area (Å²) in [7, 11) is 0. The van der Waals surface area contributed by atoms with Gasteiger partial charge in [0.05, 0.1) is 5.56 Å². The third-order valence-corrected chi connectivity index (χ3v) is 4.83. The first kappa shape index (κ1) is 17.5. The van der Waals surface area contributed by atoms with Crippen molar-refractivity contribution in [1.82, 2.24) is 4.98 Å². The van der Waals surface area contributed by atoms with Crippen LogP contribution in [0.2, 0.25) is 0 Å². The predicted octanol–water partition coefficient (Wildman–Crippen LogP) is 5.20. The summed E-state index contributed by atoms with van der Waals surface area (Å²) < 4.78 is 0. The van der Waals surface area contributed by atoms with Gasteiger partial charge in [0, 0.05) is 17.9 Å². The van der Waals surface area contributed by atoms with E-state index in [1.807, 2.05) is 24.3 Å². The molecule has 1 aliphatic rings. The van der Waals surface area contributed by atoms with Crippen molar-refractivity contribution in [2.45, 2.75) is 57.9 Å². The lowest BCUT2D eigenvalue weighted by molar-refractivity contribution is 0.102. The Morgan fingerprint density at radius 2 is 1.80 bits per heavy atom. The minimum atomic E-state index is -0.122. The van der Waals surface area contributed by atoms with Crippen molar-refractivity contribution in [3.8, 4) is 0 Å². The molecule has 0 aliphatic heterocycles. The van der Waals surface area contributed by atoms with Gasteiger partial charge in [0.25, 0.3) is 5.91 Å². The van der Waals surface area contributed by atoms with E-state index in [0.717, 1.165) is 18.5 Å². The van der Waals surface area contributed by atoms with Crippen molar-refractivity contribution >= 4 is 17.4 Å². The lowest BCUT2D eigenvalue weighted by atomic mass is 9.95. The summed E-state index contributed by atoms with van der Waals surface area (Å²) in [6, 6.07) is 12.1. The summed E-state index contributed by atoms with van der Waals surface area (Å²) >= 11 is 0. The molecule has 0 saturated heterocycles. The van der Waals surface area contributed by atoms with Crippen LogP contribution < -0.4 is 10.6 Å². The Hall–Kier alpha value is -2.36. The number of amides is 1. The highest BCUT2D eigenvalue weighted by atomic mass is 16.1. The maximum absolute atomic E-state index is 12.7. The molecular formula is C21H27N3O. The van der Waals surface area contributed by atoms with Gasteiger partial charge in [-0.05, 0) is 48.6 Å². The molecule has 4 heteroatoms. The SMILES string of the molecule is CC(C)c1ccc(NC(=O)c2cccnc2NC2CCCCC2)cc1. The number of benzene rings is 1. The van der Waals surface area contributed by atoms with E-state index in [4.69, 9.17) is 0 Å². The summed E-state index contributed by atoms with van der Waals surface area (Å²) in [5.41, 5.74) is 2.67. The molecule has 1 heterocycles. The van der Waals surface area contributed by atoms with Gasteiger partial charge in [-0.25, -0.2) is 4.98 Å². The number of hydrogen-bond donors (Lipinski definition) is 2. The number of aromatic nitrogens is 1. The topological polar surface area (TPSA) is 54.0 Å². The van der Waals surface area contributed by atoms with E-state index in [9.17, 15) is 4.79 Å². The predicted molar refractivity (Wildman–Crippen MR) is 103 cm³/mol. The molecule has 1 aliphatic carbocycles. The number of rotatable bonds is 5. The first-order valence-corrected chi connectivity index (χ1v) is 9.26. The van der Waals surface area contributed by atoms with Crippen molar-refractivity contribution in [1.29, 1.82) is 0 Å². The minimum Gasteiger partial charge on any atom is -0.367 e. The van der Waals surface area contributed by atoms with Crippen LogP contribution in [0.25, 0.3) is 0 Å². The Balaban J connectivity index is 1.71. The lowest BCUT2D eigenvalue weighted by Gasteiger charge is -2.24. The first-order chi connectivity index (χ1) is 12.1. The van der Waals surface area contributed by atoms with Crippen molar-refractivity contribution in [3.05, 3.63) is 53.7 Å². The number of nitrogens with zero attached hydrogens (tertiary/aromatic N) is 1. The van der Waals surface area contributed by atoms with Gasteiger partial charge in [-0.2, -0.15) is 0 Å². The lowest BCUT2D eigenvalue weighted by Crippen LogP contribution is -2.25. The summed E-state index contributed by atoms with van der Waals surface area (Å²) in [4.78, 5) is 17.1. The second-order valence-electron chi connectivity index (χ2n) is 7.11. The Labute approximate surface area is 150 Å². The molecule has 2 N–H and O–H groups in total. The quantitative estimate of drug-likeness (QED) is 0.788. The van der Waals surface area contributed by atoms with Crippen LogP contribution in [0, 0.1) is 0 Å². The average molecular weight is 337 g/mol. The van der Waals surface area contributed by atoms with Gasteiger partial charge >= 0.3 is 0 Å². The van der Waals surface area contributed by atoms with Crippen LogP contribution >= 0.6 is 0 Å². The molecule has 1 amide bonds. The van der Waals surface area contributed by atoms with E-state index in [2.05, 4.69) is 41.6 Å². The monoisotopic (exact) mass is 337 g/mol. The van der Waals surface area contributed by atoms with Crippen molar-refractivity contribution in [2.24, 2.45) is 0 Å². The summed E-state index contributed by atoms with van der Waals surface area (Å²) in [6.45, 7) is 4.32. The Morgan fingerprint density at radius 1 is 1.08 bits per heavy atom. The molecule has 0 unspecified atom stereocenters. The molecular weight excluding hydrogens is 310 g/mol. The van der Waals surface area contributed by atoms with E-state index in [-0.39, 0.29) is 5.91 Å². The summed E-state index contributed by atoms with van der Waals surface area (Å²) in [6.07, 6.45) is 7.82. The molecule has 0 atom stereocenters. The molecule has 1 saturated carbocycles. The molecule has 1 aromatic heterocycles. The van der Waals surface area contributed by atoms with Crippen LogP contribution in [-0.2, 0) is 0 Å². The highest BCUT2D eigenvalue weighted by Gasteiger charge is 2.18. The normalized spacial score (nSPS) is 15.2. The number of anilines is 2. The van der Waals surface area contributed by atoms with Crippen LogP contribution in [-0.4, -0.2) is 16.9 Å². The van der Waals surface area contributed by atoms with Crippen LogP contribution in [0.4, 0.5) is 11.5 Å². The Kier molecular flexibility index (Phi) is 5.69. The van der Waals surface area contributed by atoms with E-state index in [1.54, 1.807) is 6.20 Å². The Bertz CT molecular complexity index is 703. The van der Waals surface area contributed by atoms with Gasteiger partial charge in [0.15, 0.2) is 0 Å². The van der Waals surface area contributed by atoms with Gasteiger partial charge in [0.2, 0.25) is 0 Å². The zero-order valence-electron chi connectivity index (χ0n) is 15.1. The van der Waals surface area contributed by atoms with Crippen molar-refractivity contribution in [2.75, 3.05) is 10.6 Å². The number of nitrogens with one attached hydrogen (secondary N) is 2. The number of pyridine rings is 1. The molecule has 0 spiro atoms. The molecule has 1 aromatic carbocycles. The number of carbonyl (C=O) groups excluding carboxylic acids is 1. The average Bonchev–Trinajstić information content (AvgIpc) is 2.63. The van der Waals surface area contributed by atoms with E-state index in [1.165, 1.54) is 24.8 Å². The van der Waals surface area contributed by atoms with E-state index >= 15 is 0 Å². The minimum absolute atomic E-state index is 0.122. The molecule has 0 radical (unpaired) electrons. The third kappa shape index (κ3) is 4.59. The maximum atomic E-state index is 12.7. The van der Waals surface area contributed by atoms with Gasteiger partial charge in [-0.3, -0.25) is 4.79 Å². The second kappa shape index (κ2) is 8.15. The molecule has 3 rings (SSSR count). The number of carbonyl (C=O) groups is 1. The van der Waals surface area contributed by atoms with Crippen LogP contribution in [0.3, 0.4) is 0 Å². The zero-order chi connectivity index (χ0) is 17.6. The van der Waals surface area contributed by atoms with E-state index < -0.39 is 0 Å². The smallest absolute Gasteiger partial charge is 0.259 e. The van der Waals surface area contributed by atoms with Gasteiger partial charge in [0.1, 0.15) is 5.82 Å². The van der Waals surface area contributed by atoms with Crippen LogP contribution in [0.15, 0.2) is 42.6 Å². The van der Waals surface area contributed by atoms with Crippen molar-refractivity contribution in [3.63, 3.8) is 0 Å². The zero-order valence-corrected chi connectivity index (χ0v) is 15.1. The summed E-state index contributed by atoms with van der Waals surface area (Å²) in [5.74, 6) is 1.05. The fourth-order valence-electron chi connectivity index (χ4n) is 3.29. The highest BCUT2D eigenvalue weighted by molar-refractivity contribution is 6.07. The van der Waals surface area contributed by atoms with Crippen molar-refractivity contribution < 1.29 is 4.79 Å². The molecule has 25 heavy (non-hydrogen) atoms. The standard InChI is InChI=1S/C21H27N3O/c1-15(2)16-10-12-18(13-11-16)24-21(25)19-9-6-14-22-20(19)23-17-7-4-3-5-8-17/h6,9-15,17H,3-5,7-8H2,1-2H3,(H,22,23)(H,24,25). The van der Waals surface area contributed by atoms with Gasteiger partial charge in [-0.15, -0.1) is 0 Å². The molecule has 2 aromatic rings. The van der Waals surface area contributed by atoms with Gasteiger partial charge < -0.3 is 10.6 Å². The largest absolute Gasteiger partial charge is 0.367 e. The number of hydrogen-bond acceptors (Lipinski definition) is 3. The second-order valence-corrected chi connectivity index (χ2v) is 7.11. The van der Waals surface area contributed by atoms with Crippen LogP contribution in [0.1, 0.15) is 67.8 Å². The fraction of sp³-hybridized carbons (Fsp3) is 0.429. The first-order valence-electron chi connectivity index (χ1n) is 9.26. The molecule has 0 bridgehead atoms. The summed E-state index contributed by atoms with van der Waals surface area (Å²) in [5, 5.41) is 6.45. The highest BCUT2D eigenvalue weighted by Crippen LogP contribution is 2.23. The Morgan fingerprint density at radius 3 is 2.48 bits per heavy atom. The third-order valence-electron chi connectivity index (χ3n) is 4.83. The van der Waals surface area contributed by atoms with E-state index in [0.29, 0.717) is 23.3 Å². The van der Waals surface area contributed by atoms with Gasteiger partial charge in [-0.1, -0.05) is 45.2 Å². The molecule has 4 nitrogen and oxygen atoms in total. The molecule has 132 valence electrons. The maximum Gasteiger partial charge on any atom is 0.259 e.